The summed E-state index contributed by atoms with van der Waals surface area (Å²) in [6.45, 7) is 3.51. The number of aromatic nitrogens is 1. The van der Waals surface area contributed by atoms with Crippen LogP contribution in [0.25, 0.3) is 0 Å². The highest BCUT2D eigenvalue weighted by atomic mass is 16.4. The SMILES string of the molecule is Cc1ccnc(N2CCC(N(C)C)C2)c1C(=O)O. The van der Waals surface area contributed by atoms with Gasteiger partial charge in [0, 0.05) is 25.3 Å². The standard InChI is InChI=1S/C13H19N3O2/c1-9-4-6-14-12(11(9)13(17)18)16-7-5-10(8-16)15(2)3/h4,6,10H,5,7-8H2,1-3H3,(H,17,18). The Balaban J connectivity index is 2.30. The van der Waals surface area contributed by atoms with Gasteiger partial charge in [0.25, 0.3) is 0 Å². The maximum Gasteiger partial charge on any atom is 0.339 e. The molecule has 1 fully saturated rings. The second-order valence-corrected chi connectivity index (χ2v) is 4.98. The van der Waals surface area contributed by atoms with Crippen LogP contribution in [0.2, 0.25) is 0 Å². The van der Waals surface area contributed by atoms with Crippen LogP contribution in [0, 0.1) is 6.92 Å². The third kappa shape index (κ3) is 2.31. The van der Waals surface area contributed by atoms with Crippen molar-refractivity contribution in [2.24, 2.45) is 0 Å². The highest BCUT2D eigenvalue weighted by molar-refractivity contribution is 5.95. The van der Waals surface area contributed by atoms with Gasteiger partial charge < -0.3 is 14.9 Å². The molecule has 0 bridgehead atoms. The number of hydrogen-bond acceptors (Lipinski definition) is 4. The van der Waals surface area contributed by atoms with Crippen LogP contribution in [0.5, 0.6) is 0 Å². The molecule has 18 heavy (non-hydrogen) atoms. The Morgan fingerprint density at radius 1 is 1.56 bits per heavy atom. The smallest absolute Gasteiger partial charge is 0.339 e. The van der Waals surface area contributed by atoms with E-state index >= 15 is 0 Å². The number of nitrogens with zero attached hydrogens (tertiary/aromatic N) is 3. The predicted octanol–water partition coefficient (Wildman–Crippen LogP) is 1.23. The summed E-state index contributed by atoms with van der Waals surface area (Å²) in [5.74, 6) is -0.296. The highest BCUT2D eigenvalue weighted by Gasteiger charge is 2.28. The number of aromatic carboxylic acids is 1. The van der Waals surface area contributed by atoms with Gasteiger partial charge in [-0.2, -0.15) is 0 Å². The first-order chi connectivity index (χ1) is 8.50. The fraction of sp³-hybridized carbons (Fsp3) is 0.538. The molecule has 1 aliphatic rings. The molecule has 1 saturated heterocycles. The molecule has 2 rings (SSSR count). The lowest BCUT2D eigenvalue weighted by atomic mass is 10.1. The number of likely N-dealkylation sites (N-methyl/N-ethyl adjacent to an activating group) is 1. The van der Waals surface area contributed by atoms with E-state index in [0.717, 1.165) is 25.1 Å². The van der Waals surface area contributed by atoms with Crippen LogP contribution in [0.1, 0.15) is 22.3 Å². The van der Waals surface area contributed by atoms with Crippen molar-refractivity contribution in [1.82, 2.24) is 9.88 Å². The average molecular weight is 249 g/mol. The van der Waals surface area contributed by atoms with Gasteiger partial charge in [-0.15, -0.1) is 0 Å². The Labute approximate surface area is 107 Å². The maximum atomic E-state index is 11.3. The lowest BCUT2D eigenvalue weighted by Crippen LogP contribution is -2.32. The van der Waals surface area contributed by atoms with Gasteiger partial charge in [-0.3, -0.25) is 0 Å². The summed E-state index contributed by atoms with van der Waals surface area (Å²) < 4.78 is 0. The minimum atomic E-state index is -0.899. The van der Waals surface area contributed by atoms with Gasteiger partial charge in [-0.05, 0) is 39.1 Å². The Morgan fingerprint density at radius 2 is 2.28 bits per heavy atom. The lowest BCUT2D eigenvalue weighted by molar-refractivity contribution is 0.0696. The second-order valence-electron chi connectivity index (χ2n) is 4.98. The maximum absolute atomic E-state index is 11.3. The average Bonchev–Trinajstić information content (AvgIpc) is 2.77. The molecule has 5 nitrogen and oxygen atoms in total. The zero-order valence-corrected chi connectivity index (χ0v) is 11.1. The lowest BCUT2D eigenvalue weighted by Gasteiger charge is -2.22. The van der Waals surface area contributed by atoms with Crippen LogP contribution in [-0.2, 0) is 0 Å². The van der Waals surface area contributed by atoms with Crippen LogP contribution in [0.4, 0.5) is 5.82 Å². The molecule has 1 unspecified atom stereocenters. The monoisotopic (exact) mass is 249 g/mol. The number of pyridine rings is 1. The summed E-state index contributed by atoms with van der Waals surface area (Å²) in [6, 6.07) is 2.21. The number of rotatable bonds is 3. The molecule has 1 atom stereocenters. The summed E-state index contributed by atoms with van der Waals surface area (Å²) in [6.07, 6.45) is 2.72. The van der Waals surface area contributed by atoms with E-state index < -0.39 is 5.97 Å². The molecule has 1 aromatic rings. The van der Waals surface area contributed by atoms with Gasteiger partial charge in [0.2, 0.25) is 0 Å². The molecule has 0 aliphatic carbocycles. The summed E-state index contributed by atoms with van der Waals surface area (Å²) in [4.78, 5) is 19.8. The summed E-state index contributed by atoms with van der Waals surface area (Å²) >= 11 is 0. The Bertz CT molecular complexity index is 460. The minimum Gasteiger partial charge on any atom is -0.478 e. The molecule has 0 radical (unpaired) electrons. The van der Waals surface area contributed by atoms with Crippen LogP contribution in [0.3, 0.4) is 0 Å². The number of carboxylic acids is 1. The molecule has 1 aromatic heterocycles. The van der Waals surface area contributed by atoms with Crippen molar-refractivity contribution in [1.29, 1.82) is 0 Å². The molecular formula is C13H19N3O2. The van der Waals surface area contributed by atoms with Gasteiger partial charge in [0.15, 0.2) is 0 Å². The van der Waals surface area contributed by atoms with Crippen LogP contribution >= 0.6 is 0 Å². The molecule has 1 aliphatic heterocycles. The van der Waals surface area contributed by atoms with E-state index in [1.807, 2.05) is 6.92 Å². The van der Waals surface area contributed by atoms with Crippen molar-refractivity contribution < 1.29 is 9.90 Å². The van der Waals surface area contributed by atoms with Crippen molar-refractivity contribution in [3.63, 3.8) is 0 Å². The van der Waals surface area contributed by atoms with Crippen LogP contribution in [-0.4, -0.2) is 54.2 Å². The third-order valence-electron chi connectivity index (χ3n) is 3.55. The zero-order valence-electron chi connectivity index (χ0n) is 11.1. The summed E-state index contributed by atoms with van der Waals surface area (Å²) in [5, 5.41) is 9.30. The van der Waals surface area contributed by atoms with E-state index in [9.17, 15) is 9.90 Å². The fourth-order valence-corrected chi connectivity index (χ4v) is 2.40. The van der Waals surface area contributed by atoms with Gasteiger partial charge >= 0.3 is 5.97 Å². The Hall–Kier alpha value is -1.62. The molecule has 0 aromatic carbocycles. The minimum absolute atomic E-state index is 0.330. The van der Waals surface area contributed by atoms with E-state index in [1.54, 1.807) is 12.3 Å². The number of carboxylic acid groups (broad SMARTS) is 1. The number of hydrogen-bond donors (Lipinski definition) is 1. The van der Waals surface area contributed by atoms with Crippen molar-refractivity contribution >= 4 is 11.8 Å². The molecule has 98 valence electrons. The second kappa shape index (κ2) is 4.94. The summed E-state index contributed by atoms with van der Waals surface area (Å²) in [5.41, 5.74) is 1.10. The quantitative estimate of drug-likeness (QED) is 0.873. The van der Waals surface area contributed by atoms with E-state index in [2.05, 4.69) is 28.9 Å². The van der Waals surface area contributed by atoms with Crippen molar-refractivity contribution in [2.75, 3.05) is 32.1 Å². The topological polar surface area (TPSA) is 56.7 Å². The molecular weight excluding hydrogens is 230 g/mol. The predicted molar refractivity (Wildman–Crippen MR) is 70.2 cm³/mol. The normalized spacial score (nSPS) is 19.6. The molecule has 0 saturated carbocycles. The van der Waals surface area contributed by atoms with Gasteiger partial charge in [0.1, 0.15) is 11.4 Å². The van der Waals surface area contributed by atoms with Gasteiger partial charge in [0.05, 0.1) is 0 Å². The van der Waals surface area contributed by atoms with Gasteiger partial charge in [-0.25, -0.2) is 9.78 Å². The number of anilines is 1. The Kier molecular flexibility index (Phi) is 3.52. The first kappa shape index (κ1) is 12.8. The Morgan fingerprint density at radius 3 is 2.83 bits per heavy atom. The molecule has 1 N–H and O–H groups in total. The van der Waals surface area contributed by atoms with E-state index in [1.165, 1.54) is 0 Å². The van der Waals surface area contributed by atoms with Crippen molar-refractivity contribution in [3.8, 4) is 0 Å². The first-order valence-corrected chi connectivity index (χ1v) is 6.11. The van der Waals surface area contributed by atoms with Crippen LogP contribution in [0.15, 0.2) is 12.3 Å². The van der Waals surface area contributed by atoms with E-state index in [0.29, 0.717) is 17.4 Å². The molecule has 0 spiro atoms. The summed E-state index contributed by atoms with van der Waals surface area (Å²) in [7, 11) is 4.10. The van der Waals surface area contributed by atoms with Crippen molar-refractivity contribution in [3.05, 3.63) is 23.4 Å². The van der Waals surface area contributed by atoms with Gasteiger partial charge in [-0.1, -0.05) is 0 Å². The first-order valence-electron chi connectivity index (χ1n) is 6.11. The van der Waals surface area contributed by atoms with E-state index in [4.69, 9.17) is 0 Å². The highest BCUT2D eigenvalue weighted by Crippen LogP contribution is 2.25. The largest absolute Gasteiger partial charge is 0.478 e. The molecule has 0 amide bonds. The molecule has 5 heteroatoms. The molecule has 2 heterocycles. The number of aryl methyl sites for hydroxylation is 1. The third-order valence-corrected chi connectivity index (χ3v) is 3.55. The number of carbonyl (C=O) groups is 1. The van der Waals surface area contributed by atoms with Crippen molar-refractivity contribution in [2.45, 2.75) is 19.4 Å². The zero-order chi connectivity index (χ0) is 13.3. The van der Waals surface area contributed by atoms with Crippen LogP contribution < -0.4 is 4.90 Å². The fourth-order valence-electron chi connectivity index (χ4n) is 2.40. The van der Waals surface area contributed by atoms with E-state index in [-0.39, 0.29) is 0 Å².